The molecule has 0 saturated carbocycles. The normalized spacial score (nSPS) is 10.9. The summed E-state index contributed by atoms with van der Waals surface area (Å²) < 4.78 is 5.91. The van der Waals surface area contributed by atoms with E-state index in [0.29, 0.717) is 0 Å². The summed E-state index contributed by atoms with van der Waals surface area (Å²) in [6, 6.07) is 8.13. The predicted molar refractivity (Wildman–Crippen MR) is 80.8 cm³/mol. The van der Waals surface area contributed by atoms with Gasteiger partial charge in [-0.1, -0.05) is 25.1 Å². The van der Waals surface area contributed by atoms with Crippen molar-refractivity contribution in [3.05, 3.63) is 42.2 Å². The molecule has 1 N–H and O–H groups in total. The van der Waals surface area contributed by atoms with Gasteiger partial charge in [0.25, 0.3) is 0 Å². The average molecular weight is 267 g/mol. The summed E-state index contributed by atoms with van der Waals surface area (Å²) in [6.45, 7) is 5.05. The Balaban J connectivity index is 2.00. The lowest BCUT2D eigenvalue weighted by Gasteiger charge is -2.03. The van der Waals surface area contributed by atoms with Gasteiger partial charge >= 0.3 is 0 Å². The molecule has 20 heavy (non-hydrogen) atoms. The van der Waals surface area contributed by atoms with Crippen LogP contribution in [0.2, 0.25) is 0 Å². The molecule has 4 heteroatoms. The second kappa shape index (κ2) is 5.33. The Hall–Kier alpha value is -2.36. The molecule has 1 aromatic carbocycles. The van der Waals surface area contributed by atoms with Crippen molar-refractivity contribution in [2.75, 3.05) is 11.9 Å². The van der Waals surface area contributed by atoms with Crippen LogP contribution < -0.4 is 5.32 Å². The minimum Gasteiger partial charge on any atom is -0.454 e. The van der Waals surface area contributed by atoms with E-state index in [4.69, 9.17) is 4.42 Å². The van der Waals surface area contributed by atoms with Crippen molar-refractivity contribution in [3.63, 3.8) is 0 Å². The van der Waals surface area contributed by atoms with Crippen molar-refractivity contribution in [2.24, 2.45) is 0 Å². The van der Waals surface area contributed by atoms with E-state index in [-0.39, 0.29) is 0 Å². The summed E-state index contributed by atoms with van der Waals surface area (Å²) in [5, 5.41) is 4.33. The van der Waals surface area contributed by atoms with Crippen LogP contribution >= 0.6 is 0 Å². The Morgan fingerprint density at radius 2 is 2.15 bits per heavy atom. The number of aryl methyl sites for hydroxylation is 1. The second-order valence-electron chi connectivity index (χ2n) is 4.82. The monoisotopic (exact) mass is 267 g/mol. The molecule has 3 rings (SSSR count). The van der Waals surface area contributed by atoms with E-state index in [9.17, 15) is 0 Å². The second-order valence-corrected chi connectivity index (χ2v) is 4.82. The first-order valence-electron chi connectivity index (χ1n) is 6.83. The SMILES string of the molecule is CCCNc1cncc(-c2cc3cccc(C)c3o2)n1. The van der Waals surface area contributed by atoms with Crippen molar-refractivity contribution < 1.29 is 4.42 Å². The van der Waals surface area contributed by atoms with Gasteiger partial charge in [0.2, 0.25) is 0 Å². The van der Waals surface area contributed by atoms with Crippen molar-refractivity contribution in [1.29, 1.82) is 0 Å². The third-order valence-electron chi connectivity index (χ3n) is 3.18. The Labute approximate surface area is 117 Å². The molecule has 0 saturated heterocycles. The van der Waals surface area contributed by atoms with Crippen LogP contribution in [-0.2, 0) is 0 Å². The molecule has 4 nitrogen and oxygen atoms in total. The fraction of sp³-hybridized carbons (Fsp3) is 0.250. The highest BCUT2D eigenvalue weighted by Gasteiger charge is 2.09. The molecular weight excluding hydrogens is 250 g/mol. The Bertz CT molecular complexity index is 733. The lowest BCUT2D eigenvalue weighted by Crippen LogP contribution is -2.02. The fourth-order valence-corrected chi connectivity index (χ4v) is 2.16. The number of aromatic nitrogens is 2. The Kier molecular flexibility index (Phi) is 3.37. The van der Waals surface area contributed by atoms with Gasteiger partial charge in [-0.25, -0.2) is 4.98 Å². The van der Waals surface area contributed by atoms with Crippen molar-refractivity contribution >= 4 is 16.8 Å². The molecule has 0 unspecified atom stereocenters. The summed E-state index contributed by atoms with van der Waals surface area (Å²) in [6.07, 6.45) is 4.51. The molecule has 2 aromatic heterocycles. The zero-order chi connectivity index (χ0) is 13.9. The summed E-state index contributed by atoms with van der Waals surface area (Å²) in [7, 11) is 0. The fourth-order valence-electron chi connectivity index (χ4n) is 2.16. The molecule has 102 valence electrons. The Morgan fingerprint density at radius 3 is 2.95 bits per heavy atom. The van der Waals surface area contributed by atoms with Crippen LogP contribution in [0.5, 0.6) is 0 Å². The quantitative estimate of drug-likeness (QED) is 0.775. The van der Waals surface area contributed by atoms with E-state index in [1.165, 1.54) is 0 Å². The number of rotatable bonds is 4. The predicted octanol–water partition coefficient (Wildman–Crippen LogP) is 4.02. The van der Waals surface area contributed by atoms with Crippen molar-refractivity contribution in [3.8, 4) is 11.5 Å². The number of nitrogens with one attached hydrogen (secondary N) is 1. The van der Waals surface area contributed by atoms with E-state index >= 15 is 0 Å². The zero-order valence-corrected chi connectivity index (χ0v) is 11.7. The number of hydrogen-bond donors (Lipinski definition) is 1. The number of anilines is 1. The minimum absolute atomic E-state index is 0.752. The minimum atomic E-state index is 0.752. The van der Waals surface area contributed by atoms with E-state index in [1.54, 1.807) is 12.4 Å². The smallest absolute Gasteiger partial charge is 0.155 e. The molecule has 3 aromatic rings. The van der Waals surface area contributed by atoms with E-state index in [2.05, 4.69) is 22.2 Å². The van der Waals surface area contributed by atoms with Gasteiger partial charge in [0, 0.05) is 11.9 Å². The van der Waals surface area contributed by atoms with Crippen molar-refractivity contribution in [1.82, 2.24) is 9.97 Å². The van der Waals surface area contributed by atoms with Gasteiger partial charge in [-0.05, 0) is 25.0 Å². The summed E-state index contributed by atoms with van der Waals surface area (Å²) in [5.74, 6) is 1.53. The van der Waals surface area contributed by atoms with Gasteiger partial charge < -0.3 is 9.73 Å². The van der Waals surface area contributed by atoms with E-state index < -0.39 is 0 Å². The molecule has 0 amide bonds. The molecule has 0 bridgehead atoms. The van der Waals surface area contributed by atoms with Crippen LogP contribution in [0.15, 0.2) is 41.1 Å². The van der Waals surface area contributed by atoms with Crippen LogP contribution in [0, 0.1) is 6.92 Å². The Morgan fingerprint density at radius 1 is 1.25 bits per heavy atom. The van der Waals surface area contributed by atoms with Crippen molar-refractivity contribution in [2.45, 2.75) is 20.3 Å². The average Bonchev–Trinajstić information content (AvgIpc) is 2.91. The maximum Gasteiger partial charge on any atom is 0.155 e. The van der Waals surface area contributed by atoms with Crippen LogP contribution in [0.1, 0.15) is 18.9 Å². The summed E-state index contributed by atoms with van der Waals surface area (Å²) in [4.78, 5) is 8.76. The number of benzene rings is 1. The summed E-state index contributed by atoms with van der Waals surface area (Å²) in [5.41, 5.74) is 2.79. The van der Waals surface area contributed by atoms with Crippen LogP contribution in [0.25, 0.3) is 22.4 Å². The maximum absolute atomic E-state index is 5.91. The standard InChI is InChI=1S/C16H17N3O/c1-3-7-18-15-10-17-9-13(19-15)14-8-12-6-4-5-11(2)16(12)20-14/h4-6,8-10H,3,7H2,1-2H3,(H,18,19). The zero-order valence-electron chi connectivity index (χ0n) is 11.7. The number of furan rings is 1. The molecule has 0 atom stereocenters. The molecule has 0 fully saturated rings. The number of fused-ring (bicyclic) bond motifs is 1. The first-order chi connectivity index (χ1) is 9.78. The highest BCUT2D eigenvalue weighted by atomic mass is 16.3. The topological polar surface area (TPSA) is 51.0 Å². The van der Waals surface area contributed by atoms with Crippen LogP contribution in [0.3, 0.4) is 0 Å². The lowest BCUT2D eigenvalue weighted by atomic mass is 10.2. The molecular formula is C16H17N3O. The first kappa shape index (κ1) is 12.7. The molecule has 0 aliphatic carbocycles. The van der Waals surface area contributed by atoms with Gasteiger partial charge in [0.05, 0.1) is 12.4 Å². The third kappa shape index (κ3) is 2.37. The van der Waals surface area contributed by atoms with E-state index in [0.717, 1.165) is 46.8 Å². The molecule has 0 aliphatic rings. The number of nitrogens with zero attached hydrogens (tertiary/aromatic N) is 2. The third-order valence-corrected chi connectivity index (χ3v) is 3.18. The molecule has 0 aliphatic heterocycles. The van der Waals surface area contributed by atoms with Crippen LogP contribution in [-0.4, -0.2) is 16.5 Å². The largest absolute Gasteiger partial charge is 0.454 e. The number of para-hydroxylation sites is 1. The van der Waals surface area contributed by atoms with E-state index in [1.807, 2.05) is 31.2 Å². The van der Waals surface area contributed by atoms with Gasteiger partial charge in [0.15, 0.2) is 5.76 Å². The molecule has 0 radical (unpaired) electrons. The molecule has 0 spiro atoms. The highest BCUT2D eigenvalue weighted by molar-refractivity contribution is 5.84. The van der Waals surface area contributed by atoms with Gasteiger partial charge in [-0.15, -0.1) is 0 Å². The highest BCUT2D eigenvalue weighted by Crippen LogP contribution is 2.28. The summed E-state index contributed by atoms with van der Waals surface area (Å²) >= 11 is 0. The van der Waals surface area contributed by atoms with Gasteiger partial charge in [0.1, 0.15) is 17.1 Å². The van der Waals surface area contributed by atoms with Gasteiger partial charge in [-0.3, -0.25) is 4.98 Å². The van der Waals surface area contributed by atoms with Gasteiger partial charge in [-0.2, -0.15) is 0 Å². The lowest BCUT2D eigenvalue weighted by molar-refractivity contribution is 0.625. The molecule has 2 heterocycles. The maximum atomic E-state index is 5.91. The van der Waals surface area contributed by atoms with Crippen LogP contribution in [0.4, 0.5) is 5.82 Å². The first-order valence-corrected chi connectivity index (χ1v) is 6.83. The number of hydrogen-bond acceptors (Lipinski definition) is 4.